The summed E-state index contributed by atoms with van der Waals surface area (Å²) in [5.74, 6) is 0.198. The van der Waals surface area contributed by atoms with Gasteiger partial charge in [0.1, 0.15) is 5.75 Å². The van der Waals surface area contributed by atoms with Gasteiger partial charge in [0, 0.05) is 6.04 Å². The number of para-hydroxylation sites is 1. The standard InChI is InChI=1S/C22H25FN2O3/c23-20-14-13-17(16-21(20)28-19-11-5-2-6-12-19)8-7-15-25(27)22(26)24-18-9-3-1-4-10-18/h2,5-8,11-14,16,18,27H,1,3-4,9-10,15H2,(H,24,26)/b8-7+. The summed E-state index contributed by atoms with van der Waals surface area (Å²) in [5.41, 5.74) is 0.702. The third-order valence-corrected chi connectivity index (χ3v) is 4.68. The fourth-order valence-corrected chi connectivity index (χ4v) is 3.18. The maximum atomic E-state index is 14.0. The molecule has 0 saturated heterocycles. The lowest BCUT2D eigenvalue weighted by molar-refractivity contribution is -0.0340. The molecule has 1 fully saturated rings. The zero-order chi connectivity index (χ0) is 19.8. The van der Waals surface area contributed by atoms with E-state index in [2.05, 4.69) is 5.32 Å². The molecular formula is C22H25FN2O3. The van der Waals surface area contributed by atoms with Crippen LogP contribution in [0.5, 0.6) is 11.5 Å². The van der Waals surface area contributed by atoms with Crippen molar-refractivity contribution in [2.45, 2.75) is 38.1 Å². The van der Waals surface area contributed by atoms with Crippen molar-refractivity contribution in [1.82, 2.24) is 10.4 Å². The van der Waals surface area contributed by atoms with E-state index in [4.69, 9.17) is 4.74 Å². The SMILES string of the molecule is O=C(NC1CCCCC1)N(O)C/C=C/c1ccc(F)c(Oc2ccccc2)c1. The van der Waals surface area contributed by atoms with Gasteiger partial charge in [0.2, 0.25) is 0 Å². The van der Waals surface area contributed by atoms with Crippen molar-refractivity contribution in [2.75, 3.05) is 6.54 Å². The molecule has 0 heterocycles. The summed E-state index contributed by atoms with van der Waals surface area (Å²) in [6, 6.07) is 13.1. The van der Waals surface area contributed by atoms with Gasteiger partial charge in [0.15, 0.2) is 11.6 Å². The van der Waals surface area contributed by atoms with Crippen LogP contribution in [0, 0.1) is 5.82 Å². The monoisotopic (exact) mass is 384 g/mol. The Morgan fingerprint density at radius 2 is 1.93 bits per heavy atom. The van der Waals surface area contributed by atoms with Crippen molar-refractivity contribution < 1.29 is 19.1 Å². The summed E-state index contributed by atoms with van der Waals surface area (Å²) in [7, 11) is 0. The lowest BCUT2D eigenvalue weighted by Crippen LogP contribution is -2.44. The topological polar surface area (TPSA) is 61.8 Å². The van der Waals surface area contributed by atoms with Crippen molar-refractivity contribution in [1.29, 1.82) is 0 Å². The van der Waals surface area contributed by atoms with Crippen LogP contribution in [-0.2, 0) is 0 Å². The van der Waals surface area contributed by atoms with E-state index in [1.54, 1.807) is 36.4 Å². The van der Waals surface area contributed by atoms with Crippen LogP contribution in [0.2, 0.25) is 0 Å². The van der Waals surface area contributed by atoms with E-state index in [1.807, 2.05) is 18.2 Å². The molecule has 6 heteroatoms. The Labute approximate surface area is 164 Å². The minimum Gasteiger partial charge on any atom is -0.454 e. The Hall–Kier alpha value is -2.86. The second-order valence-electron chi connectivity index (χ2n) is 6.87. The lowest BCUT2D eigenvalue weighted by atomic mass is 9.96. The highest BCUT2D eigenvalue weighted by Gasteiger charge is 2.18. The molecule has 0 aliphatic heterocycles. The molecule has 0 bridgehead atoms. The summed E-state index contributed by atoms with van der Waals surface area (Å²) in [6.07, 6.45) is 8.66. The summed E-state index contributed by atoms with van der Waals surface area (Å²) in [4.78, 5) is 12.0. The molecule has 1 saturated carbocycles. The molecular weight excluding hydrogens is 359 g/mol. The van der Waals surface area contributed by atoms with Gasteiger partial charge in [0.05, 0.1) is 6.54 Å². The maximum absolute atomic E-state index is 14.0. The normalized spacial score (nSPS) is 14.8. The molecule has 0 atom stereocenters. The lowest BCUT2D eigenvalue weighted by Gasteiger charge is -2.24. The number of benzene rings is 2. The second kappa shape index (κ2) is 9.90. The highest BCUT2D eigenvalue weighted by molar-refractivity contribution is 5.73. The van der Waals surface area contributed by atoms with E-state index in [1.165, 1.54) is 12.5 Å². The van der Waals surface area contributed by atoms with Crippen LogP contribution in [0.4, 0.5) is 9.18 Å². The number of rotatable bonds is 6. The molecule has 0 unspecified atom stereocenters. The van der Waals surface area contributed by atoms with Gasteiger partial charge in [-0.05, 0) is 42.7 Å². The van der Waals surface area contributed by atoms with Crippen LogP contribution in [-0.4, -0.2) is 28.9 Å². The number of amides is 2. The van der Waals surface area contributed by atoms with E-state index < -0.39 is 11.8 Å². The predicted octanol–water partition coefficient (Wildman–Crippen LogP) is 5.36. The third-order valence-electron chi connectivity index (χ3n) is 4.68. The number of nitrogens with zero attached hydrogens (tertiary/aromatic N) is 1. The third kappa shape index (κ3) is 5.82. The number of halogens is 1. The quantitative estimate of drug-likeness (QED) is 0.520. The molecule has 0 radical (unpaired) electrons. The minimum atomic E-state index is -0.497. The number of carbonyl (C=O) groups excluding carboxylic acids is 1. The minimum absolute atomic E-state index is 0.0325. The number of nitrogens with one attached hydrogen (secondary N) is 1. The van der Waals surface area contributed by atoms with Crippen LogP contribution in [0.1, 0.15) is 37.7 Å². The van der Waals surface area contributed by atoms with Crippen LogP contribution >= 0.6 is 0 Å². The molecule has 148 valence electrons. The zero-order valence-corrected chi connectivity index (χ0v) is 15.7. The van der Waals surface area contributed by atoms with Gasteiger partial charge in [-0.1, -0.05) is 55.7 Å². The van der Waals surface area contributed by atoms with Gasteiger partial charge < -0.3 is 10.1 Å². The Balaban J connectivity index is 1.54. The van der Waals surface area contributed by atoms with E-state index in [-0.39, 0.29) is 18.3 Å². The first-order chi connectivity index (χ1) is 13.6. The molecule has 2 amide bonds. The van der Waals surface area contributed by atoms with E-state index in [9.17, 15) is 14.4 Å². The summed E-state index contributed by atoms with van der Waals surface area (Å²) >= 11 is 0. The highest BCUT2D eigenvalue weighted by Crippen LogP contribution is 2.25. The zero-order valence-electron chi connectivity index (χ0n) is 15.7. The second-order valence-corrected chi connectivity index (χ2v) is 6.87. The van der Waals surface area contributed by atoms with Gasteiger partial charge in [-0.15, -0.1) is 0 Å². The Kier molecular flexibility index (Phi) is 7.03. The van der Waals surface area contributed by atoms with Gasteiger partial charge in [0.25, 0.3) is 0 Å². The van der Waals surface area contributed by atoms with Crippen molar-refractivity contribution in [2.24, 2.45) is 0 Å². The van der Waals surface area contributed by atoms with Crippen LogP contribution in [0.3, 0.4) is 0 Å². The van der Waals surface area contributed by atoms with E-state index in [0.29, 0.717) is 16.4 Å². The highest BCUT2D eigenvalue weighted by atomic mass is 19.1. The Morgan fingerprint density at radius 1 is 1.18 bits per heavy atom. The number of hydrogen-bond acceptors (Lipinski definition) is 3. The molecule has 28 heavy (non-hydrogen) atoms. The van der Waals surface area contributed by atoms with Crippen molar-refractivity contribution >= 4 is 12.1 Å². The fourth-order valence-electron chi connectivity index (χ4n) is 3.18. The molecule has 5 nitrogen and oxygen atoms in total. The first-order valence-electron chi connectivity index (χ1n) is 9.58. The number of ether oxygens (including phenoxy) is 1. The summed E-state index contributed by atoms with van der Waals surface area (Å²) in [6.45, 7) is 0.0325. The first kappa shape index (κ1) is 19.9. The largest absolute Gasteiger partial charge is 0.454 e. The van der Waals surface area contributed by atoms with Crippen molar-refractivity contribution in [3.8, 4) is 11.5 Å². The van der Waals surface area contributed by atoms with Gasteiger partial charge in [-0.2, -0.15) is 0 Å². The molecule has 3 rings (SSSR count). The maximum Gasteiger partial charge on any atom is 0.341 e. The molecule has 0 spiro atoms. The Morgan fingerprint density at radius 3 is 2.68 bits per heavy atom. The van der Waals surface area contributed by atoms with E-state index >= 15 is 0 Å². The molecule has 0 aromatic heterocycles. The average Bonchev–Trinajstić information content (AvgIpc) is 2.72. The van der Waals surface area contributed by atoms with Crippen LogP contribution < -0.4 is 10.1 Å². The number of carbonyl (C=O) groups is 1. The number of urea groups is 1. The molecule has 2 aromatic carbocycles. The fraction of sp³-hybridized carbons (Fsp3) is 0.318. The van der Waals surface area contributed by atoms with Crippen LogP contribution in [0.25, 0.3) is 6.08 Å². The summed E-state index contributed by atoms with van der Waals surface area (Å²) in [5, 5.41) is 13.4. The van der Waals surface area contributed by atoms with E-state index in [0.717, 1.165) is 25.7 Å². The van der Waals surface area contributed by atoms with Crippen molar-refractivity contribution in [3.05, 3.63) is 66.0 Å². The predicted molar refractivity (Wildman–Crippen MR) is 106 cm³/mol. The molecule has 1 aliphatic carbocycles. The van der Waals surface area contributed by atoms with Gasteiger partial charge >= 0.3 is 6.03 Å². The number of hydrogen-bond donors (Lipinski definition) is 2. The van der Waals surface area contributed by atoms with Gasteiger partial charge in [-0.3, -0.25) is 5.21 Å². The molecule has 2 aromatic rings. The summed E-state index contributed by atoms with van der Waals surface area (Å²) < 4.78 is 19.6. The first-order valence-corrected chi connectivity index (χ1v) is 9.58. The average molecular weight is 384 g/mol. The molecule has 2 N–H and O–H groups in total. The number of hydroxylamine groups is 2. The van der Waals surface area contributed by atoms with Crippen molar-refractivity contribution in [3.63, 3.8) is 0 Å². The van der Waals surface area contributed by atoms with Crippen LogP contribution in [0.15, 0.2) is 54.6 Å². The molecule has 1 aliphatic rings. The Bertz CT molecular complexity index is 805. The smallest absolute Gasteiger partial charge is 0.341 e. The van der Waals surface area contributed by atoms with Gasteiger partial charge in [-0.25, -0.2) is 14.2 Å².